The zero-order valence-corrected chi connectivity index (χ0v) is 22.8. The standard InChI is InChI=1S/C38H22N2S/c1-2-12-29-27(10-1)28-11-3-4-14-31(28)35-21-25(16-18-32(29)35)23-8-7-9-24(20-23)26-17-19-33-30-13-5-6-15-34(30)37-38(36(33)22-26)40-41-39-37/h1-22H. The van der Waals surface area contributed by atoms with Crippen LogP contribution in [0.1, 0.15) is 0 Å². The van der Waals surface area contributed by atoms with Gasteiger partial charge < -0.3 is 0 Å². The number of nitrogens with zero attached hydrogens (tertiary/aromatic N) is 2. The Morgan fingerprint density at radius 2 is 0.683 bits per heavy atom. The first-order valence-electron chi connectivity index (χ1n) is 13.8. The lowest BCUT2D eigenvalue weighted by atomic mass is 9.91. The van der Waals surface area contributed by atoms with Gasteiger partial charge in [0.05, 0.1) is 11.7 Å². The molecule has 0 saturated heterocycles. The molecule has 0 spiro atoms. The second-order valence-electron chi connectivity index (χ2n) is 10.7. The van der Waals surface area contributed by atoms with Gasteiger partial charge in [-0.1, -0.05) is 115 Å². The average Bonchev–Trinajstić information content (AvgIpc) is 3.55. The Labute approximate surface area is 240 Å². The summed E-state index contributed by atoms with van der Waals surface area (Å²) in [5.41, 5.74) is 6.77. The molecule has 190 valence electrons. The van der Waals surface area contributed by atoms with Gasteiger partial charge in [0.15, 0.2) is 0 Å². The molecule has 8 aromatic carbocycles. The summed E-state index contributed by atoms with van der Waals surface area (Å²) in [5, 5.41) is 12.5. The van der Waals surface area contributed by atoms with Crippen LogP contribution in [-0.2, 0) is 0 Å². The van der Waals surface area contributed by atoms with Crippen LogP contribution < -0.4 is 0 Å². The van der Waals surface area contributed by atoms with Crippen molar-refractivity contribution in [3.63, 3.8) is 0 Å². The number of fused-ring (bicyclic) bond motifs is 12. The summed E-state index contributed by atoms with van der Waals surface area (Å²) in [6, 6.07) is 48.6. The first-order valence-corrected chi connectivity index (χ1v) is 14.6. The van der Waals surface area contributed by atoms with Crippen molar-refractivity contribution in [1.82, 2.24) is 8.75 Å². The van der Waals surface area contributed by atoms with Crippen LogP contribution >= 0.6 is 11.7 Å². The molecule has 0 bridgehead atoms. The third-order valence-corrected chi connectivity index (χ3v) is 9.04. The van der Waals surface area contributed by atoms with E-state index in [1.165, 1.54) is 77.1 Å². The van der Waals surface area contributed by atoms with Crippen molar-refractivity contribution in [2.45, 2.75) is 0 Å². The fraction of sp³-hybridized carbons (Fsp3) is 0. The lowest BCUT2D eigenvalue weighted by molar-refractivity contribution is 1.62. The molecule has 9 rings (SSSR count). The van der Waals surface area contributed by atoms with Crippen molar-refractivity contribution in [2.24, 2.45) is 0 Å². The zero-order chi connectivity index (χ0) is 26.9. The van der Waals surface area contributed by atoms with Gasteiger partial charge in [0, 0.05) is 10.8 Å². The van der Waals surface area contributed by atoms with Gasteiger partial charge >= 0.3 is 0 Å². The highest BCUT2D eigenvalue weighted by Gasteiger charge is 2.14. The number of aromatic nitrogens is 2. The maximum absolute atomic E-state index is 4.70. The van der Waals surface area contributed by atoms with Crippen molar-refractivity contribution in [1.29, 1.82) is 0 Å². The molecule has 0 aliphatic carbocycles. The molecule has 3 heteroatoms. The Bertz CT molecular complexity index is 2450. The van der Waals surface area contributed by atoms with E-state index in [1.807, 2.05) is 0 Å². The summed E-state index contributed by atoms with van der Waals surface area (Å²) >= 11 is 1.29. The van der Waals surface area contributed by atoms with Crippen molar-refractivity contribution >= 4 is 76.6 Å². The van der Waals surface area contributed by atoms with Gasteiger partial charge in [-0.3, -0.25) is 0 Å². The number of benzene rings is 8. The van der Waals surface area contributed by atoms with Crippen molar-refractivity contribution < 1.29 is 0 Å². The highest BCUT2D eigenvalue weighted by atomic mass is 32.1. The molecular formula is C38H22N2S. The number of rotatable bonds is 2. The summed E-state index contributed by atoms with van der Waals surface area (Å²) in [5.74, 6) is 0. The van der Waals surface area contributed by atoms with E-state index in [1.54, 1.807) is 0 Å². The Kier molecular flexibility index (Phi) is 4.80. The summed E-state index contributed by atoms with van der Waals surface area (Å²) in [6.07, 6.45) is 0. The van der Waals surface area contributed by atoms with Crippen LogP contribution in [0.3, 0.4) is 0 Å². The summed E-state index contributed by atoms with van der Waals surface area (Å²) < 4.78 is 9.35. The molecule has 0 amide bonds. The second kappa shape index (κ2) is 8.69. The summed E-state index contributed by atoms with van der Waals surface area (Å²) in [7, 11) is 0. The minimum absolute atomic E-state index is 0.982. The average molecular weight is 539 g/mol. The van der Waals surface area contributed by atoms with Crippen LogP contribution in [0.4, 0.5) is 0 Å². The predicted octanol–water partition coefficient (Wildman–Crippen LogP) is 10.8. The lowest BCUT2D eigenvalue weighted by Gasteiger charge is -2.13. The largest absolute Gasteiger partial charge is 0.172 e. The Morgan fingerprint density at radius 3 is 1.27 bits per heavy atom. The molecule has 0 N–H and O–H groups in total. The molecule has 9 aromatic rings. The van der Waals surface area contributed by atoms with Crippen molar-refractivity contribution in [2.75, 3.05) is 0 Å². The van der Waals surface area contributed by atoms with Gasteiger partial charge in [-0.2, -0.15) is 8.75 Å². The number of hydrogen-bond acceptors (Lipinski definition) is 3. The molecular weight excluding hydrogens is 516 g/mol. The van der Waals surface area contributed by atoms with E-state index in [0.29, 0.717) is 0 Å². The zero-order valence-electron chi connectivity index (χ0n) is 22.0. The van der Waals surface area contributed by atoms with E-state index < -0.39 is 0 Å². The van der Waals surface area contributed by atoms with Crippen LogP contribution in [0.25, 0.3) is 87.1 Å². The highest BCUT2D eigenvalue weighted by molar-refractivity contribution is 7.00. The molecule has 0 radical (unpaired) electrons. The van der Waals surface area contributed by atoms with E-state index >= 15 is 0 Å². The van der Waals surface area contributed by atoms with Gasteiger partial charge in [-0.25, -0.2) is 0 Å². The summed E-state index contributed by atoms with van der Waals surface area (Å²) in [4.78, 5) is 0. The maximum Gasteiger partial charge on any atom is 0.113 e. The molecule has 0 fully saturated rings. The quantitative estimate of drug-likeness (QED) is 0.205. The minimum atomic E-state index is 0.982. The fourth-order valence-corrected chi connectivity index (χ4v) is 7.16. The van der Waals surface area contributed by atoms with Gasteiger partial charge in [0.2, 0.25) is 0 Å². The van der Waals surface area contributed by atoms with Gasteiger partial charge in [0.25, 0.3) is 0 Å². The Morgan fingerprint density at radius 1 is 0.293 bits per heavy atom. The Balaban J connectivity index is 1.23. The smallest absolute Gasteiger partial charge is 0.113 e. The topological polar surface area (TPSA) is 25.8 Å². The first-order chi connectivity index (χ1) is 20.3. The normalized spacial score (nSPS) is 11.9. The highest BCUT2D eigenvalue weighted by Crippen LogP contribution is 2.39. The second-order valence-corrected chi connectivity index (χ2v) is 11.2. The monoisotopic (exact) mass is 538 g/mol. The molecule has 2 nitrogen and oxygen atoms in total. The molecule has 0 unspecified atom stereocenters. The lowest BCUT2D eigenvalue weighted by Crippen LogP contribution is -1.86. The van der Waals surface area contributed by atoms with Crippen molar-refractivity contribution in [3.05, 3.63) is 133 Å². The fourth-order valence-electron chi connectivity index (χ4n) is 6.59. The van der Waals surface area contributed by atoms with Gasteiger partial charge in [-0.15, -0.1) is 0 Å². The first kappa shape index (κ1) is 22.7. The van der Waals surface area contributed by atoms with Gasteiger partial charge in [0.1, 0.15) is 11.0 Å². The van der Waals surface area contributed by atoms with E-state index in [9.17, 15) is 0 Å². The molecule has 0 aliphatic heterocycles. The van der Waals surface area contributed by atoms with Gasteiger partial charge in [-0.05, 0) is 83.5 Å². The molecule has 1 aromatic heterocycles. The van der Waals surface area contributed by atoms with E-state index in [2.05, 4.69) is 138 Å². The van der Waals surface area contributed by atoms with E-state index in [0.717, 1.165) is 21.8 Å². The summed E-state index contributed by atoms with van der Waals surface area (Å²) in [6.45, 7) is 0. The van der Waals surface area contributed by atoms with Crippen LogP contribution in [0.5, 0.6) is 0 Å². The van der Waals surface area contributed by atoms with E-state index in [4.69, 9.17) is 4.37 Å². The maximum atomic E-state index is 4.70. The predicted molar refractivity (Wildman–Crippen MR) is 176 cm³/mol. The SMILES string of the molecule is c1cc(-c2ccc3c4ccccc4c4ccccc4c3c2)cc(-c2ccc3c4ccccc4c4nsnc4c3c2)c1. The third-order valence-electron chi connectivity index (χ3n) is 8.51. The molecule has 41 heavy (non-hydrogen) atoms. The van der Waals surface area contributed by atoms with Crippen LogP contribution in [0.2, 0.25) is 0 Å². The minimum Gasteiger partial charge on any atom is -0.172 e. The molecule has 1 heterocycles. The molecule has 0 aliphatic rings. The molecule has 0 atom stereocenters. The third kappa shape index (κ3) is 3.36. The Hall–Kier alpha value is -5.12. The van der Waals surface area contributed by atoms with Crippen LogP contribution in [0, 0.1) is 0 Å². The van der Waals surface area contributed by atoms with E-state index in [-0.39, 0.29) is 0 Å². The van der Waals surface area contributed by atoms with Crippen molar-refractivity contribution in [3.8, 4) is 22.3 Å². The molecule has 0 saturated carbocycles. The number of hydrogen-bond donors (Lipinski definition) is 0. The van der Waals surface area contributed by atoms with Crippen LogP contribution in [0.15, 0.2) is 133 Å². The van der Waals surface area contributed by atoms with Crippen LogP contribution in [-0.4, -0.2) is 8.75 Å².